The van der Waals surface area contributed by atoms with Gasteiger partial charge in [-0.2, -0.15) is 17.4 Å². The SMILES string of the molecule is CCN(CC)S(=O)(=O)NC1(/C(N)=N/O)CCCCCCC1. The first-order chi connectivity index (χ1) is 9.91. The van der Waals surface area contributed by atoms with E-state index in [-0.39, 0.29) is 5.84 Å². The van der Waals surface area contributed by atoms with Crippen LogP contribution in [0.2, 0.25) is 0 Å². The van der Waals surface area contributed by atoms with Crippen molar-refractivity contribution in [3.63, 3.8) is 0 Å². The quantitative estimate of drug-likeness (QED) is 0.297. The summed E-state index contributed by atoms with van der Waals surface area (Å²) in [6.45, 7) is 4.35. The highest BCUT2D eigenvalue weighted by molar-refractivity contribution is 7.87. The maximum absolute atomic E-state index is 12.5. The summed E-state index contributed by atoms with van der Waals surface area (Å²) < 4.78 is 29.1. The van der Waals surface area contributed by atoms with E-state index in [1.807, 2.05) is 0 Å². The van der Waals surface area contributed by atoms with Gasteiger partial charge in [0.05, 0.1) is 5.54 Å². The Morgan fingerprint density at radius 2 is 1.67 bits per heavy atom. The molecule has 4 N–H and O–H groups in total. The van der Waals surface area contributed by atoms with Crippen molar-refractivity contribution in [2.75, 3.05) is 13.1 Å². The smallest absolute Gasteiger partial charge is 0.280 e. The maximum Gasteiger partial charge on any atom is 0.280 e. The zero-order valence-corrected chi connectivity index (χ0v) is 13.8. The third kappa shape index (κ3) is 4.55. The van der Waals surface area contributed by atoms with Gasteiger partial charge in [-0.05, 0) is 12.8 Å². The summed E-state index contributed by atoms with van der Waals surface area (Å²) in [4.78, 5) is 0. The molecule has 0 aromatic heterocycles. The second-order valence-corrected chi connectivity index (χ2v) is 7.20. The molecule has 0 aromatic carbocycles. The van der Waals surface area contributed by atoms with Crippen LogP contribution in [0.15, 0.2) is 5.16 Å². The van der Waals surface area contributed by atoms with E-state index in [1.54, 1.807) is 13.8 Å². The molecule has 0 aliphatic heterocycles. The Labute approximate surface area is 127 Å². The normalized spacial score (nSPS) is 21.0. The van der Waals surface area contributed by atoms with E-state index >= 15 is 0 Å². The van der Waals surface area contributed by atoms with Crippen LogP contribution < -0.4 is 10.5 Å². The molecule has 0 bridgehead atoms. The molecule has 0 atom stereocenters. The van der Waals surface area contributed by atoms with Crippen LogP contribution in [0.3, 0.4) is 0 Å². The number of hydrogen-bond acceptors (Lipinski definition) is 4. The lowest BCUT2D eigenvalue weighted by atomic mass is 9.84. The largest absolute Gasteiger partial charge is 0.409 e. The third-order valence-electron chi connectivity index (χ3n) is 4.17. The molecule has 1 aliphatic carbocycles. The first-order valence-electron chi connectivity index (χ1n) is 7.69. The number of oxime groups is 1. The number of amidine groups is 1. The summed E-state index contributed by atoms with van der Waals surface area (Å²) in [6.07, 6.45) is 6.05. The molecule has 0 saturated heterocycles. The van der Waals surface area contributed by atoms with Gasteiger partial charge in [0.25, 0.3) is 10.2 Å². The molecule has 8 heteroatoms. The Bertz CT molecular complexity index is 438. The van der Waals surface area contributed by atoms with Crippen molar-refractivity contribution >= 4 is 16.0 Å². The topological polar surface area (TPSA) is 108 Å². The van der Waals surface area contributed by atoms with Gasteiger partial charge in [0.15, 0.2) is 5.84 Å². The van der Waals surface area contributed by atoms with Crippen LogP contribution in [0.25, 0.3) is 0 Å². The second-order valence-electron chi connectivity index (χ2n) is 5.53. The zero-order chi connectivity index (χ0) is 15.9. The van der Waals surface area contributed by atoms with Gasteiger partial charge in [-0.15, -0.1) is 0 Å². The fourth-order valence-corrected chi connectivity index (χ4v) is 4.50. The lowest BCUT2D eigenvalue weighted by Crippen LogP contribution is -2.60. The summed E-state index contributed by atoms with van der Waals surface area (Å²) in [6, 6.07) is 0. The molecule has 124 valence electrons. The summed E-state index contributed by atoms with van der Waals surface area (Å²) in [5, 5.41) is 12.2. The monoisotopic (exact) mass is 320 g/mol. The van der Waals surface area contributed by atoms with Crippen molar-refractivity contribution in [2.24, 2.45) is 10.9 Å². The minimum atomic E-state index is -3.65. The van der Waals surface area contributed by atoms with Gasteiger partial charge in [-0.25, -0.2) is 0 Å². The van der Waals surface area contributed by atoms with Crippen molar-refractivity contribution < 1.29 is 13.6 Å². The highest BCUT2D eigenvalue weighted by Gasteiger charge is 2.40. The van der Waals surface area contributed by atoms with Gasteiger partial charge in [0.1, 0.15) is 0 Å². The van der Waals surface area contributed by atoms with Crippen LogP contribution >= 0.6 is 0 Å². The highest BCUT2D eigenvalue weighted by atomic mass is 32.2. The molecular weight excluding hydrogens is 292 g/mol. The molecule has 0 radical (unpaired) electrons. The molecular formula is C13H28N4O3S. The molecule has 0 amide bonds. The Morgan fingerprint density at radius 1 is 1.19 bits per heavy atom. The molecule has 0 heterocycles. The molecule has 0 unspecified atom stereocenters. The molecule has 1 fully saturated rings. The van der Waals surface area contributed by atoms with E-state index in [9.17, 15) is 8.42 Å². The number of nitrogens with zero attached hydrogens (tertiary/aromatic N) is 2. The molecule has 1 rings (SSSR count). The average Bonchev–Trinajstić information content (AvgIpc) is 2.42. The van der Waals surface area contributed by atoms with Crippen molar-refractivity contribution in [1.29, 1.82) is 0 Å². The summed E-state index contributed by atoms with van der Waals surface area (Å²) >= 11 is 0. The van der Waals surface area contributed by atoms with E-state index in [2.05, 4.69) is 9.88 Å². The average molecular weight is 320 g/mol. The van der Waals surface area contributed by atoms with Gasteiger partial charge in [-0.1, -0.05) is 51.1 Å². The van der Waals surface area contributed by atoms with Crippen molar-refractivity contribution in [2.45, 2.75) is 64.3 Å². The van der Waals surface area contributed by atoms with Crippen LogP contribution in [-0.4, -0.2) is 42.4 Å². The van der Waals surface area contributed by atoms with Crippen molar-refractivity contribution in [3.05, 3.63) is 0 Å². The fourth-order valence-electron chi connectivity index (χ4n) is 2.89. The van der Waals surface area contributed by atoms with E-state index in [0.717, 1.165) is 32.1 Å². The minimum Gasteiger partial charge on any atom is -0.409 e. The van der Waals surface area contributed by atoms with E-state index in [0.29, 0.717) is 25.9 Å². The van der Waals surface area contributed by atoms with Crippen LogP contribution in [-0.2, 0) is 10.2 Å². The first kappa shape index (κ1) is 18.2. The number of nitrogens with one attached hydrogen (secondary N) is 1. The van der Waals surface area contributed by atoms with Crippen molar-refractivity contribution in [1.82, 2.24) is 9.03 Å². The number of nitrogens with two attached hydrogens (primary N) is 1. The first-order valence-corrected chi connectivity index (χ1v) is 9.13. The van der Waals surface area contributed by atoms with E-state index < -0.39 is 15.7 Å². The van der Waals surface area contributed by atoms with Crippen LogP contribution in [0.5, 0.6) is 0 Å². The molecule has 0 aromatic rings. The van der Waals surface area contributed by atoms with Gasteiger partial charge < -0.3 is 10.9 Å². The van der Waals surface area contributed by atoms with Gasteiger partial charge in [0, 0.05) is 13.1 Å². The summed E-state index contributed by atoms with van der Waals surface area (Å²) in [7, 11) is -3.65. The maximum atomic E-state index is 12.5. The lowest BCUT2D eigenvalue weighted by Gasteiger charge is -2.36. The third-order valence-corrected chi connectivity index (χ3v) is 6.02. The highest BCUT2D eigenvalue weighted by Crippen LogP contribution is 2.28. The predicted molar refractivity (Wildman–Crippen MR) is 83.4 cm³/mol. The fraction of sp³-hybridized carbons (Fsp3) is 0.923. The lowest BCUT2D eigenvalue weighted by molar-refractivity contribution is 0.296. The second kappa shape index (κ2) is 7.95. The van der Waals surface area contributed by atoms with Gasteiger partial charge in [0.2, 0.25) is 0 Å². The van der Waals surface area contributed by atoms with Crippen LogP contribution in [0, 0.1) is 0 Å². The Morgan fingerprint density at radius 3 is 2.10 bits per heavy atom. The summed E-state index contributed by atoms with van der Waals surface area (Å²) in [5.74, 6) is -0.0415. The molecule has 1 aliphatic rings. The van der Waals surface area contributed by atoms with Gasteiger partial charge >= 0.3 is 0 Å². The predicted octanol–water partition coefficient (Wildman–Crippen LogP) is 1.39. The summed E-state index contributed by atoms with van der Waals surface area (Å²) in [5.41, 5.74) is 4.87. The Balaban J connectivity index is 3.07. The van der Waals surface area contributed by atoms with Crippen LogP contribution in [0.4, 0.5) is 0 Å². The van der Waals surface area contributed by atoms with Crippen molar-refractivity contribution in [3.8, 4) is 0 Å². The number of rotatable bonds is 6. The Hall–Kier alpha value is -0.860. The van der Waals surface area contributed by atoms with E-state index in [1.165, 1.54) is 4.31 Å². The zero-order valence-electron chi connectivity index (χ0n) is 13.0. The number of hydrogen-bond donors (Lipinski definition) is 3. The van der Waals surface area contributed by atoms with E-state index in [4.69, 9.17) is 10.9 Å². The Kier molecular flexibility index (Phi) is 6.89. The molecule has 7 nitrogen and oxygen atoms in total. The molecule has 0 spiro atoms. The van der Waals surface area contributed by atoms with Gasteiger partial charge in [-0.3, -0.25) is 0 Å². The van der Waals surface area contributed by atoms with Crippen LogP contribution in [0.1, 0.15) is 58.8 Å². The molecule has 1 saturated carbocycles. The minimum absolute atomic E-state index is 0.0415. The molecule has 21 heavy (non-hydrogen) atoms. The standard InChI is InChI=1S/C13H28N4O3S/c1-3-17(4-2)21(19,20)16-13(12(14)15-18)10-8-6-5-7-9-11-13/h16,18H,3-11H2,1-2H3,(H2,14,15).